The number of halogens is 4. The molecular weight excluding hydrogens is 458 g/mol. The van der Waals surface area contributed by atoms with Gasteiger partial charge >= 0.3 is 12.3 Å². The van der Waals surface area contributed by atoms with E-state index in [-0.39, 0.29) is 25.1 Å². The lowest BCUT2D eigenvalue weighted by atomic mass is 9.85. The zero-order chi connectivity index (χ0) is 25.3. The van der Waals surface area contributed by atoms with Crippen LogP contribution in [0.3, 0.4) is 0 Å². The normalized spacial score (nSPS) is 13.1. The van der Waals surface area contributed by atoms with Crippen molar-refractivity contribution in [3.63, 3.8) is 0 Å². The first-order valence-electron chi connectivity index (χ1n) is 10.8. The first kappa shape index (κ1) is 27.1. The third-order valence-corrected chi connectivity index (χ3v) is 5.02. The van der Waals surface area contributed by atoms with E-state index in [0.29, 0.717) is 24.0 Å². The van der Waals surface area contributed by atoms with E-state index in [1.807, 2.05) is 6.92 Å². The van der Waals surface area contributed by atoms with Gasteiger partial charge in [-0.25, -0.2) is 4.39 Å². The van der Waals surface area contributed by atoms with Crippen LogP contribution in [-0.4, -0.2) is 36.5 Å². The standard InChI is InChI=1S/C24H27F4NO5/c1-3-5-18(22(31)15-6-9-17(10-7-15)34-24(26,27)28)16-8-11-19(20(25)14-16)23(32)29-13-12-21(30)33-4-2/h6-11,14,18,22,31H,3-5,12-13H2,1-2H3,(H,29,32). The molecule has 186 valence electrons. The second-order valence-corrected chi connectivity index (χ2v) is 7.51. The maximum absolute atomic E-state index is 14.7. The van der Waals surface area contributed by atoms with E-state index < -0.39 is 41.8 Å². The molecule has 6 nitrogen and oxygen atoms in total. The summed E-state index contributed by atoms with van der Waals surface area (Å²) in [5.74, 6) is -2.95. The Morgan fingerprint density at radius 3 is 2.26 bits per heavy atom. The van der Waals surface area contributed by atoms with E-state index in [4.69, 9.17) is 4.74 Å². The molecule has 2 N–H and O–H groups in total. The van der Waals surface area contributed by atoms with Crippen molar-refractivity contribution < 1.29 is 41.7 Å². The highest BCUT2D eigenvalue weighted by atomic mass is 19.4. The predicted molar refractivity (Wildman–Crippen MR) is 116 cm³/mol. The number of benzene rings is 2. The molecule has 0 saturated heterocycles. The van der Waals surface area contributed by atoms with Gasteiger partial charge in [-0.05, 0) is 48.7 Å². The summed E-state index contributed by atoms with van der Waals surface area (Å²) in [4.78, 5) is 23.6. The van der Waals surface area contributed by atoms with Crippen LogP contribution in [0.1, 0.15) is 66.6 Å². The van der Waals surface area contributed by atoms with Crippen molar-refractivity contribution in [1.29, 1.82) is 0 Å². The fourth-order valence-corrected chi connectivity index (χ4v) is 3.47. The fraction of sp³-hybridized carbons (Fsp3) is 0.417. The summed E-state index contributed by atoms with van der Waals surface area (Å²) in [6.45, 7) is 3.75. The van der Waals surface area contributed by atoms with Gasteiger partial charge in [0.1, 0.15) is 11.6 Å². The van der Waals surface area contributed by atoms with Crippen molar-refractivity contribution in [2.24, 2.45) is 0 Å². The average molecular weight is 485 g/mol. The van der Waals surface area contributed by atoms with Crippen LogP contribution >= 0.6 is 0 Å². The van der Waals surface area contributed by atoms with Crippen molar-refractivity contribution in [2.75, 3.05) is 13.2 Å². The lowest BCUT2D eigenvalue weighted by Crippen LogP contribution is -2.27. The van der Waals surface area contributed by atoms with Crippen molar-refractivity contribution in [3.8, 4) is 5.75 Å². The summed E-state index contributed by atoms with van der Waals surface area (Å²) in [6.07, 6.45) is -4.88. The summed E-state index contributed by atoms with van der Waals surface area (Å²) < 4.78 is 60.4. The van der Waals surface area contributed by atoms with Gasteiger partial charge in [-0.3, -0.25) is 9.59 Å². The fourth-order valence-electron chi connectivity index (χ4n) is 3.47. The number of carbonyl (C=O) groups is 2. The summed E-state index contributed by atoms with van der Waals surface area (Å²) in [5.41, 5.74) is 0.561. The minimum Gasteiger partial charge on any atom is -0.466 e. The molecular formula is C24H27F4NO5. The van der Waals surface area contributed by atoms with Gasteiger partial charge in [-0.2, -0.15) is 0 Å². The number of hydrogen-bond donors (Lipinski definition) is 2. The molecule has 2 aromatic rings. The molecule has 1 amide bonds. The lowest BCUT2D eigenvalue weighted by Gasteiger charge is -2.24. The van der Waals surface area contributed by atoms with Crippen LogP contribution in [0.5, 0.6) is 5.75 Å². The number of aliphatic hydroxyl groups is 1. The highest BCUT2D eigenvalue weighted by molar-refractivity contribution is 5.94. The molecule has 0 spiro atoms. The SMILES string of the molecule is CCCC(c1ccc(C(=O)NCCC(=O)OCC)c(F)c1)C(O)c1ccc(OC(F)(F)F)cc1. The minimum atomic E-state index is -4.82. The van der Waals surface area contributed by atoms with Crippen LogP contribution in [-0.2, 0) is 9.53 Å². The van der Waals surface area contributed by atoms with Gasteiger partial charge in [-0.15, -0.1) is 13.2 Å². The zero-order valence-electron chi connectivity index (χ0n) is 18.8. The summed E-state index contributed by atoms with van der Waals surface area (Å²) in [7, 11) is 0. The maximum Gasteiger partial charge on any atom is 0.573 e. The molecule has 0 aliphatic rings. The molecule has 0 saturated carbocycles. The van der Waals surface area contributed by atoms with Crippen LogP contribution in [0, 0.1) is 5.82 Å². The number of ether oxygens (including phenoxy) is 2. The zero-order valence-corrected chi connectivity index (χ0v) is 18.8. The molecule has 0 radical (unpaired) electrons. The third-order valence-electron chi connectivity index (χ3n) is 5.02. The Balaban J connectivity index is 2.13. The molecule has 0 bridgehead atoms. The minimum absolute atomic E-state index is 0.00984. The third kappa shape index (κ3) is 8.02. The van der Waals surface area contributed by atoms with E-state index >= 15 is 0 Å². The second kappa shape index (κ2) is 12.4. The van der Waals surface area contributed by atoms with Crippen molar-refractivity contribution in [3.05, 3.63) is 65.0 Å². The summed E-state index contributed by atoms with van der Waals surface area (Å²) >= 11 is 0. The number of hydrogen-bond acceptors (Lipinski definition) is 5. The van der Waals surface area contributed by atoms with Gasteiger partial charge in [0.2, 0.25) is 0 Å². The molecule has 0 aliphatic carbocycles. The first-order chi connectivity index (χ1) is 16.1. The number of carbonyl (C=O) groups excluding carboxylic acids is 2. The van der Waals surface area contributed by atoms with E-state index in [1.54, 1.807) is 6.92 Å². The van der Waals surface area contributed by atoms with E-state index in [0.717, 1.165) is 18.2 Å². The molecule has 2 atom stereocenters. The highest BCUT2D eigenvalue weighted by Gasteiger charge is 2.31. The van der Waals surface area contributed by atoms with Crippen LogP contribution in [0.2, 0.25) is 0 Å². The van der Waals surface area contributed by atoms with Crippen molar-refractivity contribution in [2.45, 2.75) is 51.5 Å². The van der Waals surface area contributed by atoms with Gasteiger partial charge in [0.05, 0.1) is 24.7 Å². The van der Waals surface area contributed by atoms with Crippen LogP contribution in [0.25, 0.3) is 0 Å². The molecule has 0 aromatic heterocycles. The monoisotopic (exact) mass is 485 g/mol. The first-order valence-corrected chi connectivity index (χ1v) is 10.8. The number of aliphatic hydroxyl groups excluding tert-OH is 1. The maximum atomic E-state index is 14.7. The predicted octanol–water partition coefficient (Wildman–Crippen LogP) is 5.02. The number of esters is 1. The van der Waals surface area contributed by atoms with Gasteiger partial charge in [0, 0.05) is 12.5 Å². The molecule has 2 aromatic carbocycles. The Morgan fingerprint density at radius 1 is 1.06 bits per heavy atom. The topological polar surface area (TPSA) is 84.9 Å². The molecule has 10 heteroatoms. The summed E-state index contributed by atoms with van der Waals surface area (Å²) in [6, 6.07) is 8.80. The van der Waals surface area contributed by atoms with E-state index in [2.05, 4.69) is 10.1 Å². The number of alkyl halides is 3. The summed E-state index contributed by atoms with van der Waals surface area (Å²) in [5, 5.41) is 13.3. The molecule has 34 heavy (non-hydrogen) atoms. The number of nitrogens with one attached hydrogen (secondary N) is 1. The molecule has 0 aliphatic heterocycles. The molecule has 2 rings (SSSR count). The van der Waals surface area contributed by atoms with Crippen LogP contribution in [0.15, 0.2) is 42.5 Å². The Morgan fingerprint density at radius 2 is 1.71 bits per heavy atom. The Kier molecular flexibility index (Phi) is 9.85. The number of rotatable bonds is 11. The molecule has 0 fully saturated rings. The average Bonchev–Trinajstić information content (AvgIpc) is 2.76. The molecule has 2 unspecified atom stereocenters. The van der Waals surface area contributed by atoms with Crippen LogP contribution < -0.4 is 10.1 Å². The largest absolute Gasteiger partial charge is 0.573 e. The van der Waals surface area contributed by atoms with E-state index in [9.17, 15) is 32.3 Å². The second-order valence-electron chi connectivity index (χ2n) is 7.51. The van der Waals surface area contributed by atoms with Crippen molar-refractivity contribution in [1.82, 2.24) is 5.32 Å². The van der Waals surface area contributed by atoms with Gasteiger partial charge in [-0.1, -0.05) is 31.5 Å². The van der Waals surface area contributed by atoms with Crippen LogP contribution in [0.4, 0.5) is 17.6 Å². The van der Waals surface area contributed by atoms with Crippen molar-refractivity contribution >= 4 is 11.9 Å². The Labute approximate surface area is 194 Å². The highest BCUT2D eigenvalue weighted by Crippen LogP contribution is 2.36. The Hall–Kier alpha value is -3.14. The quantitative estimate of drug-likeness (QED) is 0.345. The van der Waals surface area contributed by atoms with Gasteiger partial charge in [0.25, 0.3) is 5.91 Å². The Bertz CT molecular complexity index is 963. The van der Waals surface area contributed by atoms with E-state index in [1.165, 1.54) is 24.3 Å². The van der Waals surface area contributed by atoms with Gasteiger partial charge in [0.15, 0.2) is 0 Å². The molecule has 0 heterocycles. The number of amides is 1. The lowest BCUT2D eigenvalue weighted by molar-refractivity contribution is -0.274. The smallest absolute Gasteiger partial charge is 0.466 e. The van der Waals surface area contributed by atoms with Gasteiger partial charge < -0.3 is 19.9 Å².